The van der Waals surface area contributed by atoms with Crippen LogP contribution in [0, 0.1) is 0 Å². The monoisotopic (exact) mass is 844 g/mol. The van der Waals surface area contributed by atoms with Crippen LogP contribution in [0.1, 0.15) is 47.7 Å². The molecule has 314 valence electrons. The van der Waals surface area contributed by atoms with Gasteiger partial charge in [-0.1, -0.05) is 214 Å². The van der Waals surface area contributed by atoms with E-state index in [9.17, 15) is 0 Å². The lowest BCUT2D eigenvalue weighted by Gasteiger charge is -2.31. The fourth-order valence-electron chi connectivity index (χ4n) is 10.6. The Hall–Kier alpha value is -8.20. The molecule has 0 fully saturated rings. The molecule has 1 aliphatic heterocycles. The Morgan fingerprint density at radius 2 is 0.894 bits per heavy atom. The maximum Gasteiger partial charge on any atom is 0.0707 e. The average Bonchev–Trinajstić information content (AvgIpc) is 3.61. The quantitative estimate of drug-likeness (QED) is 0.164. The van der Waals surface area contributed by atoms with Gasteiger partial charge in [-0.25, -0.2) is 0 Å². The smallest absolute Gasteiger partial charge is 0.0707 e. The van der Waals surface area contributed by atoms with E-state index in [4.69, 9.17) is 0 Å². The standard InChI is InChI=1S/C64H48N2/c1-64(2)59-26-14-11-24-55(59)56-38-37-49(41-60(56)64)66(63-28-16-13-21-51(63)46-31-29-44(30-32-46)43-17-5-3-6-18-43)48-35-33-47(34-36-48)62-42-58(57-25-12-15-27-61(57)65-62)54-40-39-50(45-19-7-4-8-20-45)52-22-9-10-23-53(52)54/h3-42,62,65H,1-2H3. The highest BCUT2D eigenvalue weighted by atomic mass is 15.1. The minimum absolute atomic E-state index is 0.0420. The van der Waals surface area contributed by atoms with E-state index in [-0.39, 0.29) is 11.5 Å². The molecule has 0 saturated heterocycles. The number of hydrogen-bond acceptors (Lipinski definition) is 2. The van der Waals surface area contributed by atoms with E-state index in [1.807, 2.05) is 0 Å². The van der Waals surface area contributed by atoms with Gasteiger partial charge in [0.25, 0.3) is 0 Å². The number of nitrogens with zero attached hydrogens (tertiary/aromatic N) is 1. The van der Waals surface area contributed by atoms with Crippen molar-refractivity contribution in [1.82, 2.24) is 0 Å². The molecule has 10 aromatic rings. The van der Waals surface area contributed by atoms with Crippen molar-refractivity contribution in [1.29, 1.82) is 0 Å². The fraction of sp³-hybridized carbons (Fsp3) is 0.0625. The van der Waals surface area contributed by atoms with Crippen molar-refractivity contribution >= 4 is 39.1 Å². The summed E-state index contributed by atoms with van der Waals surface area (Å²) in [5, 5.41) is 6.42. The van der Waals surface area contributed by atoms with Gasteiger partial charge in [0, 0.05) is 33.6 Å². The molecule has 1 aliphatic carbocycles. The van der Waals surface area contributed by atoms with E-state index < -0.39 is 0 Å². The molecule has 0 saturated carbocycles. The highest BCUT2D eigenvalue weighted by Crippen LogP contribution is 2.51. The second kappa shape index (κ2) is 16.1. The number of benzene rings is 10. The van der Waals surface area contributed by atoms with Crippen LogP contribution in [0.15, 0.2) is 243 Å². The Bertz CT molecular complexity index is 3450. The summed E-state index contributed by atoms with van der Waals surface area (Å²) < 4.78 is 0. The first-order chi connectivity index (χ1) is 32.5. The Labute approximate surface area is 387 Å². The van der Waals surface area contributed by atoms with E-state index in [0.29, 0.717) is 0 Å². The first kappa shape index (κ1) is 39.4. The van der Waals surface area contributed by atoms with Crippen LogP contribution < -0.4 is 10.2 Å². The number of anilines is 4. The molecule has 1 heterocycles. The van der Waals surface area contributed by atoms with E-state index in [2.05, 4.69) is 267 Å². The van der Waals surface area contributed by atoms with Gasteiger partial charge >= 0.3 is 0 Å². The molecule has 66 heavy (non-hydrogen) atoms. The Balaban J connectivity index is 0.967. The van der Waals surface area contributed by atoms with Crippen molar-refractivity contribution in [3.63, 3.8) is 0 Å². The third-order valence-electron chi connectivity index (χ3n) is 13.9. The molecular weight excluding hydrogens is 797 g/mol. The summed E-state index contributed by atoms with van der Waals surface area (Å²) in [5.41, 5.74) is 21.9. The van der Waals surface area contributed by atoms with Crippen molar-refractivity contribution in [2.24, 2.45) is 0 Å². The van der Waals surface area contributed by atoms with Gasteiger partial charge in [-0.15, -0.1) is 0 Å². The molecule has 1 atom stereocenters. The molecule has 2 heteroatoms. The predicted molar refractivity (Wildman–Crippen MR) is 279 cm³/mol. The zero-order valence-electron chi connectivity index (χ0n) is 37.1. The zero-order valence-corrected chi connectivity index (χ0v) is 37.1. The lowest BCUT2D eigenvalue weighted by Crippen LogP contribution is -2.17. The minimum Gasteiger partial charge on any atom is -0.374 e. The third kappa shape index (κ3) is 6.73. The highest BCUT2D eigenvalue weighted by molar-refractivity contribution is 6.06. The van der Waals surface area contributed by atoms with Gasteiger partial charge in [-0.3, -0.25) is 0 Å². The first-order valence-electron chi connectivity index (χ1n) is 23.0. The van der Waals surface area contributed by atoms with Gasteiger partial charge in [0.2, 0.25) is 0 Å². The number of nitrogens with one attached hydrogen (secondary N) is 1. The van der Waals surface area contributed by atoms with Crippen molar-refractivity contribution in [2.45, 2.75) is 25.3 Å². The van der Waals surface area contributed by atoms with Crippen LogP contribution in [-0.2, 0) is 5.41 Å². The molecule has 0 bridgehead atoms. The SMILES string of the molecule is CC1(C)c2ccccc2-c2ccc(N(c3ccc(C4C=C(c5ccc(-c6ccccc6)c6ccccc56)c5ccccc5N4)cc3)c3ccccc3-c3ccc(-c4ccccc4)cc3)cc21. The van der Waals surface area contributed by atoms with Crippen LogP contribution in [0.3, 0.4) is 0 Å². The van der Waals surface area contributed by atoms with Crippen LogP contribution in [0.2, 0.25) is 0 Å². The van der Waals surface area contributed by atoms with Gasteiger partial charge < -0.3 is 10.2 Å². The van der Waals surface area contributed by atoms with Crippen molar-refractivity contribution in [3.8, 4) is 44.5 Å². The maximum atomic E-state index is 3.91. The van der Waals surface area contributed by atoms with Crippen LogP contribution in [-0.4, -0.2) is 0 Å². The molecule has 1 N–H and O–H groups in total. The second-order valence-electron chi connectivity index (χ2n) is 18.1. The Kier molecular flexibility index (Phi) is 9.61. The van der Waals surface area contributed by atoms with Crippen LogP contribution in [0.5, 0.6) is 0 Å². The van der Waals surface area contributed by atoms with Crippen LogP contribution in [0.25, 0.3) is 60.9 Å². The number of fused-ring (bicyclic) bond motifs is 5. The number of rotatable bonds is 8. The molecule has 2 nitrogen and oxygen atoms in total. The van der Waals surface area contributed by atoms with Gasteiger partial charge in [-0.05, 0) is 120 Å². The van der Waals surface area contributed by atoms with Gasteiger partial charge in [0.15, 0.2) is 0 Å². The molecular formula is C64H48N2. The van der Waals surface area contributed by atoms with Gasteiger partial charge in [0.05, 0.1) is 11.7 Å². The van der Waals surface area contributed by atoms with Crippen LogP contribution in [0.4, 0.5) is 22.7 Å². The fourth-order valence-corrected chi connectivity index (χ4v) is 10.6. The number of hydrogen-bond donors (Lipinski definition) is 1. The Morgan fingerprint density at radius 3 is 1.65 bits per heavy atom. The summed E-state index contributed by atoms with van der Waals surface area (Å²) in [4.78, 5) is 2.45. The summed E-state index contributed by atoms with van der Waals surface area (Å²) in [6.07, 6.45) is 2.42. The normalized spacial score (nSPS) is 14.4. The zero-order chi connectivity index (χ0) is 44.2. The van der Waals surface area contributed by atoms with E-state index in [1.165, 1.54) is 88.7 Å². The third-order valence-corrected chi connectivity index (χ3v) is 13.9. The van der Waals surface area contributed by atoms with Crippen molar-refractivity contribution < 1.29 is 0 Å². The summed E-state index contributed by atoms with van der Waals surface area (Å²) in [5.74, 6) is 0. The topological polar surface area (TPSA) is 15.3 Å². The molecule has 0 aromatic heterocycles. The molecule has 0 spiro atoms. The Morgan fingerprint density at radius 1 is 0.379 bits per heavy atom. The predicted octanol–water partition coefficient (Wildman–Crippen LogP) is 17.2. The summed E-state index contributed by atoms with van der Waals surface area (Å²) >= 11 is 0. The highest BCUT2D eigenvalue weighted by Gasteiger charge is 2.36. The summed E-state index contributed by atoms with van der Waals surface area (Å²) in [7, 11) is 0. The number of para-hydroxylation sites is 2. The molecule has 1 unspecified atom stereocenters. The lowest BCUT2D eigenvalue weighted by molar-refractivity contribution is 0.660. The van der Waals surface area contributed by atoms with E-state index >= 15 is 0 Å². The summed E-state index contributed by atoms with van der Waals surface area (Å²) in [6, 6.07) is 86.5. The average molecular weight is 845 g/mol. The summed E-state index contributed by atoms with van der Waals surface area (Å²) in [6.45, 7) is 4.72. The lowest BCUT2D eigenvalue weighted by atomic mass is 9.82. The molecule has 0 radical (unpaired) electrons. The van der Waals surface area contributed by atoms with Gasteiger partial charge in [-0.2, -0.15) is 0 Å². The first-order valence-corrected chi connectivity index (χ1v) is 23.0. The largest absolute Gasteiger partial charge is 0.374 e. The molecule has 12 rings (SSSR count). The second-order valence-corrected chi connectivity index (χ2v) is 18.1. The minimum atomic E-state index is -0.134. The van der Waals surface area contributed by atoms with E-state index in [0.717, 1.165) is 22.7 Å². The molecule has 2 aliphatic rings. The molecule has 10 aromatic carbocycles. The van der Waals surface area contributed by atoms with Crippen molar-refractivity contribution in [2.75, 3.05) is 10.2 Å². The van der Waals surface area contributed by atoms with Gasteiger partial charge in [0.1, 0.15) is 0 Å². The van der Waals surface area contributed by atoms with E-state index in [1.54, 1.807) is 0 Å². The maximum absolute atomic E-state index is 3.91. The van der Waals surface area contributed by atoms with Crippen molar-refractivity contribution in [3.05, 3.63) is 270 Å². The van der Waals surface area contributed by atoms with Crippen LogP contribution >= 0.6 is 0 Å². The molecule has 0 amide bonds.